The third-order valence-electron chi connectivity index (χ3n) is 3.29. The number of carbonyl (C=O) groups excluding carboxylic acids is 3. The lowest BCUT2D eigenvalue weighted by molar-refractivity contribution is -0.147. The first kappa shape index (κ1) is 21.6. The van der Waals surface area contributed by atoms with Gasteiger partial charge in [0.25, 0.3) is 0 Å². The van der Waals surface area contributed by atoms with Crippen LogP contribution in [0.4, 0.5) is 0 Å². The fourth-order valence-corrected chi connectivity index (χ4v) is 1.94. The van der Waals surface area contributed by atoms with E-state index in [1.165, 1.54) is 13.8 Å². The summed E-state index contributed by atoms with van der Waals surface area (Å²) in [6.45, 7) is 4.04. The highest BCUT2D eigenvalue weighted by Gasteiger charge is 2.24. The largest absolute Gasteiger partial charge is 0.490 e. The van der Waals surface area contributed by atoms with Crippen LogP contribution >= 0.6 is 0 Å². The molecule has 1 rings (SSSR count). The van der Waals surface area contributed by atoms with Crippen molar-refractivity contribution in [2.45, 2.75) is 25.9 Å². The van der Waals surface area contributed by atoms with Gasteiger partial charge >= 0.3 is 5.97 Å². The number of esters is 1. The molecule has 0 bridgehead atoms. The lowest BCUT2D eigenvalue weighted by Gasteiger charge is -2.15. The molecular formula is C18H26N2O6. The molecule has 0 fully saturated rings. The van der Waals surface area contributed by atoms with Crippen molar-refractivity contribution in [3.8, 4) is 5.75 Å². The number of likely N-dealkylation sites (N-methyl/N-ethyl adjacent to an activating group) is 1. The molecular weight excluding hydrogens is 340 g/mol. The molecule has 0 aliphatic heterocycles. The molecule has 0 aliphatic carbocycles. The normalized spacial score (nSPS) is 10.9. The molecule has 8 nitrogen and oxygen atoms in total. The van der Waals surface area contributed by atoms with Crippen molar-refractivity contribution in [1.29, 1.82) is 0 Å². The van der Waals surface area contributed by atoms with Gasteiger partial charge in [-0.05, 0) is 45.2 Å². The molecule has 0 unspecified atom stereocenters. The Bertz CT molecular complexity index is 607. The Labute approximate surface area is 152 Å². The van der Waals surface area contributed by atoms with E-state index in [4.69, 9.17) is 9.47 Å². The molecule has 0 radical (unpaired) electrons. The molecule has 1 aromatic carbocycles. The van der Waals surface area contributed by atoms with Gasteiger partial charge in [-0.3, -0.25) is 14.4 Å². The fourth-order valence-electron chi connectivity index (χ4n) is 1.94. The zero-order chi connectivity index (χ0) is 19.6. The van der Waals surface area contributed by atoms with E-state index in [2.05, 4.69) is 10.6 Å². The molecule has 144 valence electrons. The number of Topliss-reactive ketones (excluding diaryl/α,β-unsaturated/α-hetero) is 1. The van der Waals surface area contributed by atoms with Crippen LogP contribution in [-0.4, -0.2) is 61.7 Å². The number of benzene rings is 1. The van der Waals surface area contributed by atoms with E-state index in [1.54, 1.807) is 31.3 Å². The first-order chi connectivity index (χ1) is 12.2. The zero-order valence-electron chi connectivity index (χ0n) is 15.3. The standard InChI is InChI=1S/C18H26N2O6/c1-18(2,24)17(23)13-4-6-14(7-5-13)25-10-11-26-16(22)12-15(21)20-9-8-19-3/h4-7,19,24H,8-12H2,1-3H3,(H,20,21). The first-order valence-electron chi connectivity index (χ1n) is 8.31. The topological polar surface area (TPSA) is 114 Å². The van der Waals surface area contributed by atoms with Gasteiger partial charge in [0.2, 0.25) is 5.91 Å². The number of aliphatic hydroxyl groups is 1. The van der Waals surface area contributed by atoms with Crippen LogP contribution in [0.2, 0.25) is 0 Å². The molecule has 0 saturated heterocycles. The lowest BCUT2D eigenvalue weighted by Crippen LogP contribution is -2.32. The van der Waals surface area contributed by atoms with Crippen molar-refractivity contribution < 1.29 is 29.0 Å². The van der Waals surface area contributed by atoms with Crippen LogP contribution in [0, 0.1) is 0 Å². The summed E-state index contributed by atoms with van der Waals surface area (Å²) in [5.41, 5.74) is -1.06. The Kier molecular flexibility index (Phi) is 8.74. The first-order valence-corrected chi connectivity index (χ1v) is 8.31. The number of carbonyl (C=O) groups is 3. The summed E-state index contributed by atoms with van der Waals surface area (Å²) in [6.07, 6.45) is -0.336. The second-order valence-electron chi connectivity index (χ2n) is 6.11. The summed E-state index contributed by atoms with van der Waals surface area (Å²) in [5, 5.41) is 15.1. The number of nitrogens with one attached hydrogen (secondary N) is 2. The molecule has 0 heterocycles. The van der Waals surface area contributed by atoms with Gasteiger partial charge in [-0.15, -0.1) is 0 Å². The van der Waals surface area contributed by atoms with Crippen molar-refractivity contribution in [3.05, 3.63) is 29.8 Å². The average Bonchev–Trinajstić information content (AvgIpc) is 2.58. The lowest BCUT2D eigenvalue weighted by atomic mass is 9.97. The summed E-state index contributed by atoms with van der Waals surface area (Å²) in [6, 6.07) is 6.29. The van der Waals surface area contributed by atoms with E-state index in [9.17, 15) is 19.5 Å². The van der Waals surface area contributed by atoms with Crippen molar-refractivity contribution in [3.63, 3.8) is 0 Å². The van der Waals surface area contributed by atoms with Gasteiger partial charge in [-0.2, -0.15) is 0 Å². The summed E-state index contributed by atoms with van der Waals surface area (Å²) in [5.74, 6) is -0.899. The van der Waals surface area contributed by atoms with Crippen LogP contribution < -0.4 is 15.4 Å². The SMILES string of the molecule is CNCCNC(=O)CC(=O)OCCOc1ccc(C(=O)C(C)(C)O)cc1. The second-order valence-corrected chi connectivity index (χ2v) is 6.11. The quantitative estimate of drug-likeness (QED) is 0.223. The summed E-state index contributed by atoms with van der Waals surface area (Å²) < 4.78 is 10.3. The molecule has 0 atom stereocenters. The Balaban J connectivity index is 2.28. The van der Waals surface area contributed by atoms with Crippen molar-refractivity contribution >= 4 is 17.7 Å². The van der Waals surface area contributed by atoms with Gasteiger partial charge in [0.1, 0.15) is 31.0 Å². The number of ketones is 1. The minimum atomic E-state index is -1.43. The van der Waals surface area contributed by atoms with E-state index < -0.39 is 17.5 Å². The summed E-state index contributed by atoms with van der Waals surface area (Å²) >= 11 is 0. The third kappa shape index (κ3) is 8.09. The molecule has 0 aromatic heterocycles. The predicted molar refractivity (Wildman–Crippen MR) is 95.1 cm³/mol. The molecule has 26 heavy (non-hydrogen) atoms. The molecule has 1 amide bonds. The van der Waals surface area contributed by atoms with Gasteiger partial charge in [0.05, 0.1) is 0 Å². The van der Waals surface area contributed by atoms with Crippen molar-refractivity contribution in [2.24, 2.45) is 0 Å². The maximum absolute atomic E-state index is 11.9. The third-order valence-corrected chi connectivity index (χ3v) is 3.29. The van der Waals surface area contributed by atoms with Gasteiger partial charge in [0.15, 0.2) is 5.78 Å². The molecule has 0 aliphatic rings. The molecule has 0 spiro atoms. The molecule has 3 N–H and O–H groups in total. The fraction of sp³-hybridized carbons (Fsp3) is 0.500. The number of hydrogen-bond acceptors (Lipinski definition) is 7. The van der Waals surface area contributed by atoms with E-state index >= 15 is 0 Å². The van der Waals surface area contributed by atoms with Crippen LogP contribution in [-0.2, 0) is 14.3 Å². The second kappa shape index (κ2) is 10.5. The van der Waals surface area contributed by atoms with Crippen LogP contribution in [0.25, 0.3) is 0 Å². The maximum Gasteiger partial charge on any atom is 0.315 e. The summed E-state index contributed by atoms with van der Waals surface area (Å²) in [4.78, 5) is 34.8. The average molecular weight is 366 g/mol. The number of rotatable bonds is 11. The van der Waals surface area contributed by atoms with E-state index in [-0.39, 0.29) is 25.4 Å². The van der Waals surface area contributed by atoms with Gasteiger partial charge < -0.3 is 25.2 Å². The zero-order valence-corrected chi connectivity index (χ0v) is 15.3. The van der Waals surface area contributed by atoms with Crippen LogP contribution in [0.3, 0.4) is 0 Å². The van der Waals surface area contributed by atoms with E-state index in [0.717, 1.165) is 0 Å². The Morgan fingerprint density at radius 1 is 1.08 bits per heavy atom. The highest BCUT2D eigenvalue weighted by Crippen LogP contribution is 2.17. The maximum atomic E-state index is 11.9. The molecule has 8 heteroatoms. The van der Waals surface area contributed by atoms with Gasteiger partial charge in [0, 0.05) is 18.7 Å². The highest BCUT2D eigenvalue weighted by atomic mass is 16.6. The Morgan fingerprint density at radius 2 is 1.73 bits per heavy atom. The van der Waals surface area contributed by atoms with Crippen LogP contribution in [0.15, 0.2) is 24.3 Å². The number of amides is 1. The van der Waals surface area contributed by atoms with E-state index in [1.807, 2.05) is 0 Å². The van der Waals surface area contributed by atoms with Gasteiger partial charge in [-0.25, -0.2) is 0 Å². The molecule has 1 aromatic rings. The number of hydrogen-bond donors (Lipinski definition) is 3. The predicted octanol–water partition coefficient (Wildman–Crippen LogP) is 0.288. The van der Waals surface area contributed by atoms with Gasteiger partial charge in [-0.1, -0.05) is 0 Å². The Morgan fingerprint density at radius 3 is 2.31 bits per heavy atom. The van der Waals surface area contributed by atoms with E-state index in [0.29, 0.717) is 24.4 Å². The minimum Gasteiger partial charge on any atom is -0.490 e. The molecule has 0 saturated carbocycles. The number of ether oxygens (including phenoxy) is 2. The minimum absolute atomic E-state index is 0.00693. The smallest absolute Gasteiger partial charge is 0.315 e. The Hall–Kier alpha value is -2.45. The highest BCUT2D eigenvalue weighted by molar-refractivity contribution is 6.01. The van der Waals surface area contributed by atoms with Crippen molar-refractivity contribution in [2.75, 3.05) is 33.4 Å². The summed E-state index contributed by atoms with van der Waals surface area (Å²) in [7, 11) is 1.76. The monoisotopic (exact) mass is 366 g/mol. The van der Waals surface area contributed by atoms with Crippen LogP contribution in [0.5, 0.6) is 5.75 Å². The van der Waals surface area contributed by atoms with Crippen molar-refractivity contribution in [1.82, 2.24) is 10.6 Å². The van der Waals surface area contributed by atoms with Crippen LogP contribution in [0.1, 0.15) is 30.6 Å².